The van der Waals surface area contributed by atoms with Crippen LogP contribution in [0, 0.1) is 12.7 Å². The van der Waals surface area contributed by atoms with Gasteiger partial charge in [0.15, 0.2) is 0 Å². The van der Waals surface area contributed by atoms with Crippen LogP contribution in [0.5, 0.6) is 0 Å². The van der Waals surface area contributed by atoms with Crippen LogP contribution in [0.15, 0.2) is 48.5 Å². The van der Waals surface area contributed by atoms with Crippen LogP contribution in [-0.4, -0.2) is 12.1 Å². The SMILES string of the molecule is Cc1ccccc1NC(C)(CN)Cc1ccc(F)cc1. The van der Waals surface area contributed by atoms with Gasteiger partial charge in [0.1, 0.15) is 5.82 Å². The Morgan fingerprint density at radius 3 is 2.35 bits per heavy atom. The van der Waals surface area contributed by atoms with Crippen LogP contribution in [0.4, 0.5) is 10.1 Å². The smallest absolute Gasteiger partial charge is 0.123 e. The van der Waals surface area contributed by atoms with E-state index in [2.05, 4.69) is 25.2 Å². The lowest BCUT2D eigenvalue weighted by Crippen LogP contribution is -2.44. The average molecular weight is 272 g/mol. The lowest BCUT2D eigenvalue weighted by Gasteiger charge is -2.31. The highest BCUT2D eigenvalue weighted by Gasteiger charge is 2.23. The Bertz CT molecular complexity index is 565. The van der Waals surface area contributed by atoms with Crippen molar-refractivity contribution in [2.75, 3.05) is 11.9 Å². The third-order valence-electron chi connectivity index (χ3n) is 3.54. The molecule has 3 heteroatoms. The summed E-state index contributed by atoms with van der Waals surface area (Å²) in [6.07, 6.45) is 0.748. The van der Waals surface area contributed by atoms with E-state index in [1.807, 2.05) is 30.3 Å². The number of aryl methyl sites for hydroxylation is 1. The molecule has 1 atom stereocenters. The molecular weight excluding hydrogens is 251 g/mol. The molecule has 2 aromatic rings. The van der Waals surface area contributed by atoms with Gasteiger partial charge in [-0.25, -0.2) is 4.39 Å². The standard InChI is InChI=1S/C17H21FN2/c1-13-5-3-4-6-16(13)20-17(2,12-19)11-14-7-9-15(18)10-8-14/h3-10,20H,11-12,19H2,1-2H3. The van der Waals surface area contributed by atoms with Crippen molar-refractivity contribution in [2.45, 2.75) is 25.8 Å². The molecule has 0 heterocycles. The van der Waals surface area contributed by atoms with Gasteiger partial charge < -0.3 is 11.1 Å². The highest BCUT2D eigenvalue weighted by atomic mass is 19.1. The summed E-state index contributed by atoms with van der Waals surface area (Å²) >= 11 is 0. The summed E-state index contributed by atoms with van der Waals surface area (Å²) < 4.78 is 13.0. The van der Waals surface area contributed by atoms with Crippen LogP contribution in [0.3, 0.4) is 0 Å². The highest BCUT2D eigenvalue weighted by Crippen LogP contribution is 2.22. The van der Waals surface area contributed by atoms with Gasteiger partial charge in [0.2, 0.25) is 0 Å². The molecule has 0 bridgehead atoms. The molecule has 0 saturated carbocycles. The second kappa shape index (κ2) is 6.06. The van der Waals surface area contributed by atoms with Gasteiger partial charge in [-0.3, -0.25) is 0 Å². The van der Waals surface area contributed by atoms with Crippen LogP contribution >= 0.6 is 0 Å². The maximum atomic E-state index is 13.0. The van der Waals surface area contributed by atoms with E-state index in [1.54, 1.807) is 0 Å². The lowest BCUT2D eigenvalue weighted by atomic mass is 9.92. The van der Waals surface area contributed by atoms with Crippen molar-refractivity contribution in [3.63, 3.8) is 0 Å². The number of hydrogen-bond donors (Lipinski definition) is 2. The van der Waals surface area contributed by atoms with E-state index in [1.165, 1.54) is 17.7 Å². The molecule has 20 heavy (non-hydrogen) atoms. The molecule has 0 amide bonds. The van der Waals surface area contributed by atoms with E-state index in [-0.39, 0.29) is 11.4 Å². The van der Waals surface area contributed by atoms with E-state index in [0.717, 1.165) is 17.7 Å². The molecule has 1 unspecified atom stereocenters. The first kappa shape index (κ1) is 14.5. The van der Waals surface area contributed by atoms with Crippen LogP contribution in [0.2, 0.25) is 0 Å². The Hall–Kier alpha value is -1.87. The molecule has 0 aromatic heterocycles. The molecule has 2 nitrogen and oxygen atoms in total. The van der Waals surface area contributed by atoms with E-state index in [4.69, 9.17) is 5.73 Å². The Labute approximate surface area is 119 Å². The zero-order chi connectivity index (χ0) is 14.6. The fourth-order valence-corrected chi connectivity index (χ4v) is 2.26. The predicted molar refractivity (Wildman–Crippen MR) is 82.4 cm³/mol. The molecule has 106 valence electrons. The summed E-state index contributed by atoms with van der Waals surface area (Å²) in [6.45, 7) is 4.65. The normalized spacial score (nSPS) is 13.8. The summed E-state index contributed by atoms with van der Waals surface area (Å²) in [4.78, 5) is 0. The fourth-order valence-electron chi connectivity index (χ4n) is 2.26. The number of benzene rings is 2. The Morgan fingerprint density at radius 2 is 1.75 bits per heavy atom. The zero-order valence-electron chi connectivity index (χ0n) is 12.0. The number of para-hydroxylation sites is 1. The van der Waals surface area contributed by atoms with Crippen LogP contribution in [0.25, 0.3) is 0 Å². The summed E-state index contributed by atoms with van der Waals surface area (Å²) in [5, 5.41) is 3.52. The lowest BCUT2D eigenvalue weighted by molar-refractivity contribution is 0.519. The maximum Gasteiger partial charge on any atom is 0.123 e. The minimum absolute atomic E-state index is 0.213. The summed E-state index contributed by atoms with van der Waals surface area (Å²) in [6, 6.07) is 14.7. The third kappa shape index (κ3) is 3.58. The predicted octanol–water partition coefficient (Wildman–Crippen LogP) is 3.51. The van der Waals surface area contributed by atoms with E-state index in [0.29, 0.717) is 6.54 Å². The number of nitrogens with two attached hydrogens (primary N) is 1. The van der Waals surface area contributed by atoms with Crippen LogP contribution in [0.1, 0.15) is 18.1 Å². The van der Waals surface area contributed by atoms with E-state index < -0.39 is 0 Å². The van der Waals surface area contributed by atoms with Crippen molar-refractivity contribution in [1.82, 2.24) is 0 Å². The molecule has 0 saturated heterocycles. The minimum atomic E-state index is -0.260. The van der Waals surface area contributed by atoms with Gasteiger partial charge in [-0.1, -0.05) is 30.3 Å². The van der Waals surface area contributed by atoms with Crippen LogP contribution < -0.4 is 11.1 Å². The number of halogens is 1. The number of rotatable bonds is 5. The Morgan fingerprint density at radius 1 is 1.10 bits per heavy atom. The molecule has 0 radical (unpaired) electrons. The Balaban J connectivity index is 2.17. The zero-order valence-corrected chi connectivity index (χ0v) is 12.0. The van der Waals surface area contributed by atoms with Gasteiger partial charge in [-0.2, -0.15) is 0 Å². The van der Waals surface area contributed by atoms with Gasteiger partial charge in [-0.05, 0) is 49.6 Å². The molecule has 0 aliphatic carbocycles. The maximum absolute atomic E-state index is 13.0. The topological polar surface area (TPSA) is 38.0 Å². The van der Waals surface area contributed by atoms with Crippen molar-refractivity contribution in [2.24, 2.45) is 5.73 Å². The fraction of sp³-hybridized carbons (Fsp3) is 0.294. The van der Waals surface area contributed by atoms with Crippen molar-refractivity contribution in [1.29, 1.82) is 0 Å². The monoisotopic (exact) mass is 272 g/mol. The molecule has 0 aliphatic rings. The van der Waals surface area contributed by atoms with Gasteiger partial charge >= 0.3 is 0 Å². The molecule has 2 aromatic carbocycles. The first-order valence-electron chi connectivity index (χ1n) is 6.81. The second-order valence-electron chi connectivity index (χ2n) is 5.51. The summed E-state index contributed by atoms with van der Waals surface area (Å²) in [7, 11) is 0. The minimum Gasteiger partial charge on any atom is -0.378 e. The van der Waals surface area contributed by atoms with Crippen LogP contribution in [-0.2, 0) is 6.42 Å². The summed E-state index contributed by atoms with van der Waals surface area (Å²) in [5.74, 6) is -0.213. The Kier molecular flexibility index (Phi) is 4.40. The molecule has 3 N–H and O–H groups in total. The third-order valence-corrected chi connectivity index (χ3v) is 3.54. The van der Waals surface area contributed by atoms with Crippen molar-refractivity contribution >= 4 is 5.69 Å². The van der Waals surface area contributed by atoms with E-state index >= 15 is 0 Å². The first-order chi connectivity index (χ1) is 9.52. The van der Waals surface area contributed by atoms with Gasteiger partial charge in [0.05, 0.1) is 5.54 Å². The molecule has 0 fully saturated rings. The largest absolute Gasteiger partial charge is 0.378 e. The van der Waals surface area contributed by atoms with Gasteiger partial charge in [0, 0.05) is 12.2 Å². The molecule has 0 aliphatic heterocycles. The average Bonchev–Trinajstić information content (AvgIpc) is 2.44. The summed E-state index contributed by atoms with van der Waals surface area (Å²) in [5.41, 5.74) is 9.03. The number of nitrogens with one attached hydrogen (secondary N) is 1. The van der Waals surface area contributed by atoms with Gasteiger partial charge in [-0.15, -0.1) is 0 Å². The van der Waals surface area contributed by atoms with Crippen molar-refractivity contribution in [3.8, 4) is 0 Å². The second-order valence-corrected chi connectivity index (χ2v) is 5.51. The van der Waals surface area contributed by atoms with Crippen molar-refractivity contribution < 1.29 is 4.39 Å². The first-order valence-corrected chi connectivity index (χ1v) is 6.81. The molecule has 2 rings (SSSR count). The highest BCUT2D eigenvalue weighted by molar-refractivity contribution is 5.52. The van der Waals surface area contributed by atoms with Crippen molar-refractivity contribution in [3.05, 3.63) is 65.5 Å². The van der Waals surface area contributed by atoms with E-state index in [9.17, 15) is 4.39 Å². The number of anilines is 1. The number of hydrogen-bond acceptors (Lipinski definition) is 2. The quantitative estimate of drug-likeness (QED) is 0.874. The molecular formula is C17H21FN2. The molecule has 0 spiro atoms. The van der Waals surface area contributed by atoms with Gasteiger partial charge in [0.25, 0.3) is 0 Å².